The van der Waals surface area contributed by atoms with Crippen molar-refractivity contribution in [3.8, 4) is 0 Å². The van der Waals surface area contributed by atoms with Crippen LogP contribution in [-0.4, -0.2) is 50.0 Å². The smallest absolute Gasteiger partial charge is 0.498 e. The van der Waals surface area contributed by atoms with E-state index in [1.54, 1.807) is 7.05 Å². The minimum atomic E-state index is -3.00. The van der Waals surface area contributed by atoms with Crippen LogP contribution in [0.15, 0.2) is 0 Å². The van der Waals surface area contributed by atoms with E-state index < -0.39 is 31.3 Å². The van der Waals surface area contributed by atoms with Crippen LogP contribution in [0.5, 0.6) is 0 Å². The van der Waals surface area contributed by atoms with Gasteiger partial charge < -0.3 is 9.31 Å². The Kier molecular flexibility index (Phi) is 5.78. The molecule has 0 spiro atoms. The molecule has 0 radical (unpaired) electrons. The minimum Gasteiger partial charge on any atom is -0.498 e. The molecule has 0 bridgehead atoms. The van der Waals surface area contributed by atoms with Crippen molar-refractivity contribution in [1.82, 2.24) is 4.90 Å². The molecule has 2 aliphatic rings. The zero-order chi connectivity index (χ0) is 16.2. The lowest BCUT2D eigenvalue weighted by atomic mass is 9.76. The zero-order valence-corrected chi connectivity index (χ0v) is 12.9. The quantitative estimate of drug-likeness (QED) is 0.743. The van der Waals surface area contributed by atoms with Crippen LogP contribution in [0.1, 0.15) is 38.5 Å². The summed E-state index contributed by atoms with van der Waals surface area (Å²) in [6.07, 6.45) is 3.70. The summed E-state index contributed by atoms with van der Waals surface area (Å²) in [5.41, 5.74) is 0. The van der Waals surface area contributed by atoms with Gasteiger partial charge in [-0.15, -0.1) is 0 Å². The fraction of sp³-hybridized carbons (Fsp3) is 0.857. The molecule has 1 saturated heterocycles. The van der Waals surface area contributed by atoms with Crippen molar-refractivity contribution in [2.45, 2.75) is 50.8 Å². The Hall–Kier alpha value is -1.18. The van der Waals surface area contributed by atoms with Crippen molar-refractivity contribution in [3.63, 3.8) is 0 Å². The molecule has 0 aromatic rings. The molecule has 124 valence electrons. The van der Waals surface area contributed by atoms with E-state index in [2.05, 4.69) is 0 Å². The lowest BCUT2D eigenvalue weighted by Crippen LogP contribution is -2.44. The monoisotopic (exact) mass is 317 g/mol. The van der Waals surface area contributed by atoms with Crippen LogP contribution >= 0.6 is 0 Å². The fourth-order valence-electron chi connectivity index (χ4n) is 3.11. The third-order valence-corrected chi connectivity index (χ3v) is 4.10. The van der Waals surface area contributed by atoms with E-state index in [4.69, 9.17) is 9.31 Å². The second-order valence-electron chi connectivity index (χ2n) is 6.35. The summed E-state index contributed by atoms with van der Waals surface area (Å²) in [6, 6.07) is 0. The second kappa shape index (κ2) is 7.39. The predicted octanol–water partition coefficient (Wildman–Crippen LogP) is 2.11. The molecule has 0 atom stereocenters. The largest absolute Gasteiger partial charge is 0.604 e. The molecule has 2 fully saturated rings. The third kappa shape index (κ3) is 5.55. The standard InChI is InChI=1S/C14H22BF2NO4/c1-18-8-12(19)21-15(22-13(20)9-18)10-14(16,17)7-11-5-3-2-4-6-11/h11H,2-10H2,1H3. The Balaban J connectivity index is 1.90. The Morgan fingerprint density at radius 2 is 1.68 bits per heavy atom. The first kappa shape index (κ1) is 17.2. The fourth-order valence-corrected chi connectivity index (χ4v) is 3.11. The maximum atomic E-state index is 14.2. The molecule has 5 nitrogen and oxygen atoms in total. The van der Waals surface area contributed by atoms with Crippen molar-refractivity contribution < 1.29 is 27.7 Å². The molecule has 2 rings (SSSR count). The van der Waals surface area contributed by atoms with E-state index in [1.165, 1.54) is 4.90 Å². The third-order valence-electron chi connectivity index (χ3n) is 4.10. The van der Waals surface area contributed by atoms with Crippen molar-refractivity contribution in [3.05, 3.63) is 0 Å². The van der Waals surface area contributed by atoms with Gasteiger partial charge in [0.15, 0.2) is 0 Å². The molecule has 1 aliphatic heterocycles. The molecule has 22 heavy (non-hydrogen) atoms. The molecule has 0 aromatic carbocycles. The average molecular weight is 317 g/mol. The highest BCUT2D eigenvalue weighted by Crippen LogP contribution is 2.36. The molecule has 1 saturated carbocycles. The van der Waals surface area contributed by atoms with Crippen molar-refractivity contribution >= 4 is 19.1 Å². The number of likely N-dealkylation sites (N-methyl/N-ethyl adjacent to an activating group) is 1. The summed E-state index contributed by atoms with van der Waals surface area (Å²) in [5.74, 6) is -4.32. The van der Waals surface area contributed by atoms with Crippen molar-refractivity contribution in [2.75, 3.05) is 20.1 Å². The van der Waals surface area contributed by atoms with Gasteiger partial charge in [0.05, 0.1) is 19.4 Å². The number of nitrogens with zero attached hydrogens (tertiary/aromatic N) is 1. The number of halogens is 2. The van der Waals surface area contributed by atoms with E-state index in [0.29, 0.717) is 0 Å². The normalized spacial score (nSPS) is 22.8. The van der Waals surface area contributed by atoms with Gasteiger partial charge in [-0.3, -0.25) is 14.5 Å². The van der Waals surface area contributed by atoms with Gasteiger partial charge in [0.25, 0.3) is 0 Å². The molecule has 8 heteroatoms. The number of carbonyl (C=O) groups excluding carboxylic acids is 2. The lowest BCUT2D eigenvalue weighted by molar-refractivity contribution is -0.146. The van der Waals surface area contributed by atoms with Gasteiger partial charge in [-0.05, 0) is 13.0 Å². The first-order valence-electron chi connectivity index (χ1n) is 7.79. The van der Waals surface area contributed by atoms with Gasteiger partial charge in [0.2, 0.25) is 5.92 Å². The van der Waals surface area contributed by atoms with Crippen LogP contribution in [-0.2, 0) is 18.9 Å². The first-order chi connectivity index (χ1) is 10.3. The van der Waals surface area contributed by atoms with E-state index in [9.17, 15) is 18.4 Å². The Labute approximate surface area is 129 Å². The van der Waals surface area contributed by atoms with Gasteiger partial charge >= 0.3 is 19.1 Å². The van der Waals surface area contributed by atoms with E-state index in [1.807, 2.05) is 0 Å². The van der Waals surface area contributed by atoms with Crippen LogP contribution in [0.4, 0.5) is 8.78 Å². The van der Waals surface area contributed by atoms with Crippen LogP contribution in [0.3, 0.4) is 0 Å². The summed E-state index contributed by atoms with van der Waals surface area (Å²) in [4.78, 5) is 24.5. The Morgan fingerprint density at radius 1 is 1.14 bits per heavy atom. The Bertz CT molecular complexity index is 396. The lowest BCUT2D eigenvalue weighted by Gasteiger charge is -2.28. The summed E-state index contributed by atoms with van der Waals surface area (Å²) >= 11 is 0. The van der Waals surface area contributed by atoms with Gasteiger partial charge in [-0.1, -0.05) is 32.1 Å². The molecule has 1 aliphatic carbocycles. The number of hydrogen-bond donors (Lipinski definition) is 0. The molecule has 1 heterocycles. The summed E-state index contributed by atoms with van der Waals surface area (Å²) in [6.45, 7) is -0.223. The number of alkyl halides is 2. The van der Waals surface area contributed by atoms with Crippen LogP contribution in [0.25, 0.3) is 0 Å². The van der Waals surface area contributed by atoms with Gasteiger partial charge in [-0.2, -0.15) is 0 Å². The Morgan fingerprint density at radius 3 is 2.23 bits per heavy atom. The molecule has 0 N–H and O–H groups in total. The predicted molar refractivity (Wildman–Crippen MR) is 76.4 cm³/mol. The molecule has 0 unspecified atom stereocenters. The summed E-state index contributed by atoms with van der Waals surface area (Å²) in [5, 5.41) is 0. The van der Waals surface area contributed by atoms with Crippen molar-refractivity contribution in [1.29, 1.82) is 0 Å². The molecular formula is C14H22BF2NO4. The molecule has 0 aromatic heterocycles. The minimum absolute atomic E-state index is 0.00478. The van der Waals surface area contributed by atoms with Gasteiger partial charge in [0.1, 0.15) is 0 Å². The van der Waals surface area contributed by atoms with Gasteiger partial charge in [-0.25, -0.2) is 8.78 Å². The van der Waals surface area contributed by atoms with Gasteiger partial charge in [0, 0.05) is 6.42 Å². The van der Waals surface area contributed by atoms with E-state index in [-0.39, 0.29) is 25.4 Å². The second-order valence-corrected chi connectivity index (χ2v) is 6.35. The zero-order valence-electron chi connectivity index (χ0n) is 12.9. The van der Waals surface area contributed by atoms with Crippen LogP contribution in [0.2, 0.25) is 6.32 Å². The molecule has 0 amide bonds. The highest BCUT2D eigenvalue weighted by Gasteiger charge is 2.44. The summed E-state index contributed by atoms with van der Waals surface area (Å²) in [7, 11) is 0.0628. The molecular weight excluding hydrogens is 295 g/mol. The highest BCUT2D eigenvalue weighted by atomic mass is 19.3. The number of carbonyl (C=O) groups is 2. The van der Waals surface area contributed by atoms with E-state index in [0.717, 1.165) is 32.1 Å². The summed E-state index contributed by atoms with van der Waals surface area (Å²) < 4.78 is 38.0. The van der Waals surface area contributed by atoms with Crippen molar-refractivity contribution in [2.24, 2.45) is 5.92 Å². The SMILES string of the molecule is CN1CC(=O)OB(CC(F)(F)CC2CCCCC2)OC(=O)C1. The first-order valence-corrected chi connectivity index (χ1v) is 7.79. The topological polar surface area (TPSA) is 55.8 Å². The van der Waals surface area contributed by atoms with E-state index >= 15 is 0 Å². The average Bonchev–Trinajstić information content (AvgIpc) is 2.36. The van der Waals surface area contributed by atoms with Crippen LogP contribution in [0, 0.1) is 5.92 Å². The number of hydrogen-bond acceptors (Lipinski definition) is 5. The van der Waals surface area contributed by atoms with Crippen LogP contribution < -0.4 is 0 Å². The maximum Gasteiger partial charge on any atom is 0.604 e. The highest BCUT2D eigenvalue weighted by molar-refractivity contribution is 6.49. The maximum absolute atomic E-state index is 14.2. The number of rotatable bonds is 4.